The molecule has 0 aromatic carbocycles. The minimum atomic E-state index is -0.575. The molecule has 2 rings (SSSR count). The number of aromatic nitrogens is 1. The summed E-state index contributed by atoms with van der Waals surface area (Å²) in [4.78, 5) is 3.88. The average molecular weight is 228 g/mol. The average Bonchev–Trinajstić information content (AvgIpc) is 2.74. The molecule has 0 unspecified atom stereocenters. The summed E-state index contributed by atoms with van der Waals surface area (Å²) in [6.45, 7) is 4.55. The van der Waals surface area contributed by atoms with E-state index in [0.29, 0.717) is 29.5 Å². The van der Waals surface area contributed by atoms with Gasteiger partial charge in [-0.3, -0.25) is 0 Å². The van der Waals surface area contributed by atoms with Crippen LogP contribution in [0.1, 0.15) is 17.5 Å². The summed E-state index contributed by atoms with van der Waals surface area (Å²) in [5.74, 6) is -0.138. The molecule has 0 aliphatic carbocycles. The highest BCUT2D eigenvalue weighted by molar-refractivity contribution is 6.31. The van der Waals surface area contributed by atoms with Crippen molar-refractivity contribution in [2.75, 3.05) is 13.2 Å². The van der Waals surface area contributed by atoms with E-state index in [-0.39, 0.29) is 5.88 Å². The van der Waals surface area contributed by atoms with E-state index in [9.17, 15) is 5.11 Å². The molecule has 1 aromatic rings. The van der Waals surface area contributed by atoms with Crippen molar-refractivity contribution in [2.24, 2.45) is 0 Å². The first-order chi connectivity index (χ1) is 7.22. The van der Waals surface area contributed by atoms with E-state index in [0.717, 1.165) is 0 Å². The normalized spacial score (nSPS) is 16.9. The summed E-state index contributed by atoms with van der Waals surface area (Å²) < 4.78 is 10.5. The van der Waals surface area contributed by atoms with Gasteiger partial charge in [0.05, 0.1) is 29.5 Å². The summed E-state index contributed by atoms with van der Waals surface area (Å²) >= 11 is 5.92. The second-order valence-corrected chi connectivity index (χ2v) is 3.45. The lowest BCUT2D eigenvalue weighted by Gasteiger charge is -2.11. The van der Waals surface area contributed by atoms with Crippen LogP contribution in [0.5, 0.6) is 5.88 Å². The van der Waals surface area contributed by atoms with E-state index in [4.69, 9.17) is 21.1 Å². The van der Waals surface area contributed by atoms with Crippen molar-refractivity contribution in [1.29, 1.82) is 0 Å². The van der Waals surface area contributed by atoms with Crippen LogP contribution < -0.4 is 0 Å². The van der Waals surface area contributed by atoms with Gasteiger partial charge in [-0.25, -0.2) is 4.98 Å². The van der Waals surface area contributed by atoms with Crippen molar-refractivity contribution in [3.63, 3.8) is 0 Å². The van der Waals surface area contributed by atoms with Crippen LogP contribution in [-0.4, -0.2) is 23.3 Å². The Morgan fingerprint density at radius 3 is 2.80 bits per heavy atom. The Morgan fingerprint density at radius 2 is 2.20 bits per heavy atom. The van der Waals surface area contributed by atoms with Gasteiger partial charge in [0.2, 0.25) is 5.88 Å². The van der Waals surface area contributed by atoms with Gasteiger partial charge in [-0.2, -0.15) is 0 Å². The van der Waals surface area contributed by atoms with Crippen LogP contribution in [0.3, 0.4) is 0 Å². The molecule has 0 atom stereocenters. The second kappa shape index (κ2) is 4.18. The fourth-order valence-electron chi connectivity index (χ4n) is 1.36. The molecule has 5 heteroatoms. The van der Waals surface area contributed by atoms with Crippen molar-refractivity contribution >= 4 is 17.7 Å². The Hall–Kier alpha value is -1.10. The first-order valence-electron chi connectivity index (χ1n) is 4.47. The standard InChI is InChI=1S/C10H10ClNO3/c1-2-8-7(11)5-6(9(13)12-8)10-14-3-4-15-10/h2,5,10H,1,3-4H2,(H,12,13). The van der Waals surface area contributed by atoms with Crippen molar-refractivity contribution in [2.45, 2.75) is 6.29 Å². The van der Waals surface area contributed by atoms with E-state index in [1.165, 1.54) is 6.08 Å². The third-order valence-electron chi connectivity index (χ3n) is 2.08. The smallest absolute Gasteiger partial charge is 0.219 e. The summed E-state index contributed by atoms with van der Waals surface area (Å²) in [6, 6.07) is 1.58. The summed E-state index contributed by atoms with van der Waals surface area (Å²) in [7, 11) is 0. The molecule has 1 aromatic heterocycles. The molecule has 0 saturated carbocycles. The molecule has 80 valence electrons. The molecule has 2 heterocycles. The molecule has 0 bridgehead atoms. The quantitative estimate of drug-likeness (QED) is 0.841. The highest BCUT2D eigenvalue weighted by Crippen LogP contribution is 2.32. The zero-order valence-electron chi connectivity index (χ0n) is 7.94. The highest BCUT2D eigenvalue weighted by atomic mass is 35.5. The second-order valence-electron chi connectivity index (χ2n) is 3.05. The Labute approximate surface area is 92.1 Å². The maximum atomic E-state index is 9.63. The van der Waals surface area contributed by atoms with E-state index in [2.05, 4.69) is 11.6 Å². The van der Waals surface area contributed by atoms with Crippen LogP contribution in [0.25, 0.3) is 6.08 Å². The largest absolute Gasteiger partial charge is 0.493 e. The summed E-state index contributed by atoms with van der Waals surface area (Å²) in [5, 5.41) is 10.0. The van der Waals surface area contributed by atoms with Crippen LogP contribution in [0.4, 0.5) is 0 Å². The molecular weight excluding hydrogens is 218 g/mol. The molecule has 1 N–H and O–H groups in total. The van der Waals surface area contributed by atoms with Gasteiger partial charge < -0.3 is 14.6 Å². The lowest BCUT2D eigenvalue weighted by molar-refractivity contribution is -0.0458. The van der Waals surface area contributed by atoms with Gasteiger partial charge in [0.15, 0.2) is 6.29 Å². The number of hydrogen-bond donors (Lipinski definition) is 1. The highest BCUT2D eigenvalue weighted by Gasteiger charge is 2.23. The fourth-order valence-corrected chi connectivity index (χ4v) is 1.60. The topological polar surface area (TPSA) is 51.6 Å². The van der Waals surface area contributed by atoms with E-state index < -0.39 is 6.29 Å². The third kappa shape index (κ3) is 1.97. The Bertz CT molecular complexity index is 388. The predicted octanol–water partition coefficient (Wildman–Crippen LogP) is 2.13. The summed E-state index contributed by atoms with van der Waals surface area (Å²) in [5.41, 5.74) is 0.888. The molecule has 1 aliphatic heterocycles. The number of rotatable bonds is 2. The van der Waals surface area contributed by atoms with Gasteiger partial charge in [0, 0.05) is 0 Å². The number of aromatic hydroxyl groups is 1. The molecule has 1 aliphatic rings. The summed E-state index contributed by atoms with van der Waals surface area (Å²) in [6.07, 6.45) is 0.899. The first-order valence-corrected chi connectivity index (χ1v) is 4.85. The van der Waals surface area contributed by atoms with Crippen molar-refractivity contribution in [1.82, 2.24) is 4.98 Å². The third-order valence-corrected chi connectivity index (χ3v) is 2.38. The number of halogens is 1. The zero-order chi connectivity index (χ0) is 10.8. The van der Waals surface area contributed by atoms with E-state index >= 15 is 0 Å². The maximum absolute atomic E-state index is 9.63. The zero-order valence-corrected chi connectivity index (χ0v) is 8.70. The Balaban J connectivity index is 2.39. The molecule has 0 amide bonds. The molecule has 4 nitrogen and oxygen atoms in total. The Kier molecular flexibility index (Phi) is 2.90. The molecule has 0 radical (unpaired) electrons. The lowest BCUT2D eigenvalue weighted by atomic mass is 10.2. The SMILES string of the molecule is C=Cc1nc(O)c(C2OCCO2)cc1Cl. The molecule has 0 spiro atoms. The monoisotopic (exact) mass is 227 g/mol. The minimum Gasteiger partial charge on any atom is -0.493 e. The van der Waals surface area contributed by atoms with Gasteiger partial charge in [-0.15, -0.1) is 0 Å². The van der Waals surface area contributed by atoms with E-state index in [1.807, 2.05) is 0 Å². The van der Waals surface area contributed by atoms with Crippen LogP contribution in [0, 0.1) is 0 Å². The van der Waals surface area contributed by atoms with E-state index in [1.54, 1.807) is 6.07 Å². The van der Waals surface area contributed by atoms with Gasteiger partial charge in [0.25, 0.3) is 0 Å². The van der Waals surface area contributed by atoms with Crippen LogP contribution in [-0.2, 0) is 9.47 Å². The lowest BCUT2D eigenvalue weighted by Crippen LogP contribution is -2.00. The van der Waals surface area contributed by atoms with Gasteiger partial charge in [-0.1, -0.05) is 18.2 Å². The predicted molar refractivity (Wildman–Crippen MR) is 55.6 cm³/mol. The number of ether oxygens (including phenoxy) is 2. The van der Waals surface area contributed by atoms with Gasteiger partial charge in [-0.05, 0) is 12.1 Å². The molecule has 1 saturated heterocycles. The first kappa shape index (κ1) is 10.4. The van der Waals surface area contributed by atoms with Crippen molar-refractivity contribution in [3.8, 4) is 5.88 Å². The molecule has 1 fully saturated rings. The molecule has 15 heavy (non-hydrogen) atoms. The van der Waals surface area contributed by atoms with Crippen LogP contribution in [0.2, 0.25) is 5.02 Å². The Morgan fingerprint density at radius 1 is 1.53 bits per heavy atom. The van der Waals surface area contributed by atoms with Crippen molar-refractivity contribution in [3.05, 3.63) is 28.9 Å². The number of pyridine rings is 1. The van der Waals surface area contributed by atoms with Crippen LogP contribution >= 0.6 is 11.6 Å². The fraction of sp³-hybridized carbons (Fsp3) is 0.300. The van der Waals surface area contributed by atoms with Gasteiger partial charge >= 0.3 is 0 Å². The maximum Gasteiger partial charge on any atom is 0.219 e. The minimum absolute atomic E-state index is 0.138. The van der Waals surface area contributed by atoms with Crippen molar-refractivity contribution < 1.29 is 14.6 Å². The molecular formula is C10H10ClNO3. The number of hydrogen-bond acceptors (Lipinski definition) is 4. The van der Waals surface area contributed by atoms with Crippen LogP contribution in [0.15, 0.2) is 12.6 Å². The van der Waals surface area contributed by atoms with Gasteiger partial charge in [0.1, 0.15) is 0 Å². The number of nitrogens with zero attached hydrogens (tertiary/aromatic N) is 1.